The molecule has 0 spiro atoms. The second-order valence-corrected chi connectivity index (χ2v) is 5.07. The van der Waals surface area contributed by atoms with Crippen LogP contribution in [0.1, 0.15) is 12.8 Å². The number of likely N-dealkylation sites (tertiary alicyclic amines) is 1. The highest BCUT2D eigenvalue weighted by atomic mass is 16.2. The molecule has 1 fully saturated rings. The third-order valence-corrected chi connectivity index (χ3v) is 3.24. The van der Waals surface area contributed by atoms with Gasteiger partial charge in [0.25, 0.3) is 0 Å². The first kappa shape index (κ1) is 14.0. The Morgan fingerprint density at radius 2 is 1.59 bits per heavy atom. The number of amides is 2. The van der Waals surface area contributed by atoms with Crippen LogP contribution in [0.2, 0.25) is 0 Å². The Bertz CT molecular complexity index is 281. The molecule has 1 aliphatic heterocycles. The molecule has 0 aromatic rings. The monoisotopic (exact) mass is 241 g/mol. The molecule has 0 unspecified atom stereocenters. The minimum atomic E-state index is 0.127. The van der Waals surface area contributed by atoms with Gasteiger partial charge in [-0.05, 0) is 25.9 Å². The Hall–Kier alpha value is -1.10. The Kier molecular flexibility index (Phi) is 4.93. The van der Waals surface area contributed by atoms with Crippen molar-refractivity contribution in [2.45, 2.75) is 12.8 Å². The molecular weight excluding hydrogens is 218 g/mol. The summed E-state index contributed by atoms with van der Waals surface area (Å²) in [5.74, 6) is 0.474. The van der Waals surface area contributed by atoms with Crippen LogP contribution in [0.5, 0.6) is 0 Å². The molecular formula is C12H23N3O2. The molecule has 0 aromatic heterocycles. The maximum atomic E-state index is 11.8. The fourth-order valence-corrected chi connectivity index (χ4v) is 2.04. The summed E-state index contributed by atoms with van der Waals surface area (Å²) < 4.78 is 0. The minimum Gasteiger partial charge on any atom is -0.349 e. The third-order valence-electron chi connectivity index (χ3n) is 3.24. The molecule has 0 aromatic carbocycles. The number of rotatable bonds is 3. The van der Waals surface area contributed by atoms with E-state index in [9.17, 15) is 9.59 Å². The molecule has 1 saturated heterocycles. The second-order valence-electron chi connectivity index (χ2n) is 5.07. The summed E-state index contributed by atoms with van der Waals surface area (Å²) in [5.41, 5.74) is 0. The van der Waals surface area contributed by atoms with E-state index in [1.54, 1.807) is 38.0 Å². The lowest BCUT2D eigenvalue weighted by Crippen LogP contribution is -2.44. The van der Waals surface area contributed by atoms with Crippen LogP contribution < -0.4 is 0 Å². The van der Waals surface area contributed by atoms with Gasteiger partial charge in [0.05, 0.1) is 6.54 Å². The van der Waals surface area contributed by atoms with E-state index < -0.39 is 0 Å². The lowest BCUT2D eigenvalue weighted by molar-refractivity contribution is -0.135. The average molecular weight is 241 g/mol. The fraction of sp³-hybridized carbons (Fsp3) is 0.833. The maximum absolute atomic E-state index is 11.8. The van der Waals surface area contributed by atoms with Crippen LogP contribution in [0.4, 0.5) is 0 Å². The van der Waals surface area contributed by atoms with E-state index >= 15 is 0 Å². The number of hydrogen-bond acceptors (Lipinski definition) is 3. The van der Waals surface area contributed by atoms with E-state index in [1.165, 1.54) is 0 Å². The summed E-state index contributed by atoms with van der Waals surface area (Å²) in [4.78, 5) is 28.7. The number of carbonyl (C=O) groups is 2. The van der Waals surface area contributed by atoms with Crippen molar-refractivity contribution >= 4 is 11.8 Å². The molecule has 5 heteroatoms. The molecule has 17 heavy (non-hydrogen) atoms. The van der Waals surface area contributed by atoms with Crippen molar-refractivity contribution in [1.82, 2.24) is 14.7 Å². The maximum Gasteiger partial charge on any atom is 0.236 e. The van der Waals surface area contributed by atoms with Crippen molar-refractivity contribution in [3.8, 4) is 0 Å². The van der Waals surface area contributed by atoms with Crippen molar-refractivity contribution in [3.63, 3.8) is 0 Å². The van der Waals surface area contributed by atoms with Crippen molar-refractivity contribution in [2.75, 3.05) is 47.8 Å². The highest BCUT2D eigenvalue weighted by molar-refractivity contribution is 5.79. The summed E-state index contributed by atoms with van der Waals surface area (Å²) in [6, 6.07) is 0. The molecule has 1 heterocycles. The van der Waals surface area contributed by atoms with Gasteiger partial charge in [-0.3, -0.25) is 14.5 Å². The fourth-order valence-electron chi connectivity index (χ4n) is 2.04. The van der Waals surface area contributed by atoms with Gasteiger partial charge in [-0.2, -0.15) is 0 Å². The summed E-state index contributed by atoms with van der Waals surface area (Å²) >= 11 is 0. The van der Waals surface area contributed by atoms with Crippen molar-refractivity contribution in [2.24, 2.45) is 5.92 Å². The van der Waals surface area contributed by atoms with Crippen LogP contribution >= 0.6 is 0 Å². The van der Waals surface area contributed by atoms with Crippen LogP contribution in [0.3, 0.4) is 0 Å². The van der Waals surface area contributed by atoms with Crippen LogP contribution in [0.15, 0.2) is 0 Å². The molecule has 0 atom stereocenters. The second kappa shape index (κ2) is 6.00. The molecule has 1 aliphatic rings. The molecule has 1 rings (SSSR count). The quantitative estimate of drug-likeness (QED) is 0.691. The topological polar surface area (TPSA) is 43.9 Å². The van der Waals surface area contributed by atoms with Gasteiger partial charge in [0.2, 0.25) is 11.8 Å². The number of nitrogens with zero attached hydrogens (tertiary/aromatic N) is 3. The Morgan fingerprint density at radius 3 is 2.00 bits per heavy atom. The Balaban J connectivity index is 2.36. The third kappa shape index (κ3) is 4.00. The molecule has 0 N–H and O–H groups in total. The van der Waals surface area contributed by atoms with Crippen LogP contribution in [-0.4, -0.2) is 74.3 Å². The predicted octanol–water partition coefficient (Wildman–Crippen LogP) is -0.125. The highest BCUT2D eigenvalue weighted by Gasteiger charge is 2.26. The number of likely N-dealkylation sites (N-methyl/N-ethyl adjacent to an activating group) is 1. The first-order chi connectivity index (χ1) is 7.91. The van der Waals surface area contributed by atoms with Gasteiger partial charge in [-0.1, -0.05) is 0 Å². The van der Waals surface area contributed by atoms with Gasteiger partial charge >= 0.3 is 0 Å². The standard InChI is InChI=1S/C12H23N3O2/c1-13(2)11(16)9-15-7-5-10(6-8-15)12(17)14(3)4/h10H,5-9H2,1-4H3. The zero-order valence-corrected chi connectivity index (χ0v) is 11.3. The molecule has 98 valence electrons. The SMILES string of the molecule is CN(C)C(=O)CN1CCC(C(=O)N(C)C)CC1. The smallest absolute Gasteiger partial charge is 0.236 e. The lowest BCUT2D eigenvalue weighted by Gasteiger charge is -2.32. The molecule has 0 saturated carbocycles. The first-order valence-corrected chi connectivity index (χ1v) is 6.05. The predicted molar refractivity (Wildman–Crippen MR) is 66.6 cm³/mol. The van der Waals surface area contributed by atoms with Crippen LogP contribution in [-0.2, 0) is 9.59 Å². The summed E-state index contributed by atoms with van der Waals surface area (Å²) in [7, 11) is 7.13. The number of hydrogen-bond donors (Lipinski definition) is 0. The molecule has 0 bridgehead atoms. The van der Waals surface area contributed by atoms with Crippen molar-refractivity contribution < 1.29 is 9.59 Å². The minimum absolute atomic E-state index is 0.127. The van der Waals surface area contributed by atoms with E-state index in [0.717, 1.165) is 25.9 Å². The average Bonchev–Trinajstić information content (AvgIpc) is 2.28. The largest absolute Gasteiger partial charge is 0.349 e. The van der Waals surface area contributed by atoms with Gasteiger partial charge in [0.15, 0.2) is 0 Å². The van der Waals surface area contributed by atoms with Gasteiger partial charge < -0.3 is 9.80 Å². The van der Waals surface area contributed by atoms with E-state index in [4.69, 9.17) is 0 Å². The van der Waals surface area contributed by atoms with Crippen LogP contribution in [0, 0.1) is 5.92 Å². The van der Waals surface area contributed by atoms with Crippen LogP contribution in [0.25, 0.3) is 0 Å². The lowest BCUT2D eigenvalue weighted by atomic mass is 9.95. The first-order valence-electron chi connectivity index (χ1n) is 6.05. The van der Waals surface area contributed by atoms with E-state index in [0.29, 0.717) is 6.54 Å². The zero-order chi connectivity index (χ0) is 13.0. The normalized spacial score (nSPS) is 17.9. The van der Waals surface area contributed by atoms with E-state index in [1.807, 2.05) is 0 Å². The summed E-state index contributed by atoms with van der Waals surface area (Å²) in [6.45, 7) is 2.14. The van der Waals surface area contributed by atoms with Gasteiger partial charge in [-0.25, -0.2) is 0 Å². The molecule has 0 aliphatic carbocycles. The van der Waals surface area contributed by atoms with E-state index in [2.05, 4.69) is 4.90 Å². The van der Waals surface area contributed by atoms with Gasteiger partial charge in [0, 0.05) is 34.1 Å². The van der Waals surface area contributed by atoms with Crippen molar-refractivity contribution in [3.05, 3.63) is 0 Å². The summed E-state index contributed by atoms with van der Waals surface area (Å²) in [5, 5.41) is 0. The molecule has 5 nitrogen and oxygen atoms in total. The molecule has 2 amide bonds. The van der Waals surface area contributed by atoms with Gasteiger partial charge in [0.1, 0.15) is 0 Å². The van der Waals surface area contributed by atoms with E-state index in [-0.39, 0.29) is 17.7 Å². The molecule has 0 radical (unpaired) electrons. The number of piperidine rings is 1. The Labute approximate surface area is 103 Å². The highest BCUT2D eigenvalue weighted by Crippen LogP contribution is 2.18. The summed E-state index contributed by atoms with van der Waals surface area (Å²) in [6.07, 6.45) is 1.72. The zero-order valence-electron chi connectivity index (χ0n) is 11.3. The number of carbonyl (C=O) groups excluding carboxylic acids is 2. The Morgan fingerprint density at radius 1 is 1.06 bits per heavy atom. The van der Waals surface area contributed by atoms with Crippen molar-refractivity contribution in [1.29, 1.82) is 0 Å². The van der Waals surface area contributed by atoms with Gasteiger partial charge in [-0.15, -0.1) is 0 Å².